The number of anilines is 1. The Bertz CT molecular complexity index is 291. The summed E-state index contributed by atoms with van der Waals surface area (Å²) in [6, 6.07) is 10.3. The zero-order valence-corrected chi connectivity index (χ0v) is 7.37. The molecule has 0 aromatic heterocycles. The first-order chi connectivity index (χ1) is 5.97. The van der Waals surface area contributed by atoms with Crippen LogP contribution in [0, 0.1) is 0 Å². The normalized spacial score (nSPS) is 15.2. The SMILES string of the molecule is C1=CN(c2ccccc2)C=CS1. The summed E-state index contributed by atoms with van der Waals surface area (Å²) in [4.78, 5) is 2.09. The summed E-state index contributed by atoms with van der Waals surface area (Å²) in [6.07, 6.45) is 4.11. The summed E-state index contributed by atoms with van der Waals surface area (Å²) in [5.41, 5.74) is 1.20. The number of para-hydroxylation sites is 1. The van der Waals surface area contributed by atoms with Gasteiger partial charge in [0, 0.05) is 18.1 Å². The van der Waals surface area contributed by atoms with Crippen molar-refractivity contribution in [3.05, 3.63) is 53.5 Å². The van der Waals surface area contributed by atoms with Gasteiger partial charge in [0.1, 0.15) is 0 Å². The molecule has 60 valence electrons. The maximum absolute atomic E-state index is 2.09. The van der Waals surface area contributed by atoms with Gasteiger partial charge < -0.3 is 4.90 Å². The predicted molar refractivity (Wildman–Crippen MR) is 54.8 cm³/mol. The summed E-state index contributed by atoms with van der Waals surface area (Å²) in [7, 11) is 0. The molecule has 1 heterocycles. The van der Waals surface area contributed by atoms with Crippen LogP contribution in [0.2, 0.25) is 0 Å². The quantitative estimate of drug-likeness (QED) is 0.645. The largest absolute Gasteiger partial charge is 0.323 e. The topological polar surface area (TPSA) is 3.24 Å². The summed E-state index contributed by atoms with van der Waals surface area (Å²) < 4.78 is 0. The minimum absolute atomic E-state index is 1.20. The molecule has 0 N–H and O–H groups in total. The molecule has 1 aromatic rings. The van der Waals surface area contributed by atoms with Crippen molar-refractivity contribution in [3.8, 4) is 0 Å². The Kier molecular flexibility index (Phi) is 2.19. The Morgan fingerprint density at radius 3 is 2.25 bits per heavy atom. The van der Waals surface area contributed by atoms with Gasteiger partial charge in [-0.05, 0) is 22.9 Å². The second-order valence-electron chi connectivity index (χ2n) is 2.45. The van der Waals surface area contributed by atoms with Gasteiger partial charge in [0.05, 0.1) is 0 Å². The van der Waals surface area contributed by atoms with E-state index in [-0.39, 0.29) is 0 Å². The van der Waals surface area contributed by atoms with Gasteiger partial charge in [-0.25, -0.2) is 0 Å². The van der Waals surface area contributed by atoms with Gasteiger partial charge in [-0.2, -0.15) is 0 Å². The standard InChI is InChI=1S/C10H9NS/c1-2-4-10(5-3-1)11-6-8-12-9-7-11/h1-9H. The van der Waals surface area contributed by atoms with Crippen molar-refractivity contribution in [1.29, 1.82) is 0 Å². The minimum Gasteiger partial charge on any atom is -0.323 e. The molecule has 0 fully saturated rings. The Hall–Kier alpha value is -1.15. The monoisotopic (exact) mass is 175 g/mol. The first-order valence-electron chi connectivity index (χ1n) is 3.79. The Balaban J connectivity index is 2.25. The van der Waals surface area contributed by atoms with E-state index in [9.17, 15) is 0 Å². The highest BCUT2D eigenvalue weighted by molar-refractivity contribution is 8.04. The highest BCUT2D eigenvalue weighted by Crippen LogP contribution is 2.20. The molecule has 0 aliphatic carbocycles. The van der Waals surface area contributed by atoms with Gasteiger partial charge in [-0.15, -0.1) is 11.8 Å². The average Bonchev–Trinajstić information content (AvgIpc) is 2.21. The Labute approximate surface area is 76.4 Å². The maximum Gasteiger partial charge on any atom is 0.0449 e. The molecule has 12 heavy (non-hydrogen) atoms. The second-order valence-corrected chi connectivity index (χ2v) is 3.27. The average molecular weight is 175 g/mol. The molecule has 2 rings (SSSR count). The molecular formula is C10H9NS. The van der Waals surface area contributed by atoms with Crippen LogP contribution >= 0.6 is 11.8 Å². The number of hydrogen-bond acceptors (Lipinski definition) is 2. The highest BCUT2D eigenvalue weighted by Gasteiger charge is 1.98. The predicted octanol–water partition coefficient (Wildman–Crippen LogP) is 3.18. The summed E-state index contributed by atoms with van der Waals surface area (Å²) in [5.74, 6) is 0. The van der Waals surface area contributed by atoms with Crippen molar-refractivity contribution in [2.24, 2.45) is 0 Å². The number of thioether (sulfide) groups is 1. The zero-order chi connectivity index (χ0) is 8.23. The molecule has 1 aromatic carbocycles. The molecule has 0 amide bonds. The van der Waals surface area contributed by atoms with E-state index in [1.165, 1.54) is 5.69 Å². The third kappa shape index (κ3) is 1.53. The van der Waals surface area contributed by atoms with Crippen LogP contribution in [0.15, 0.2) is 53.5 Å². The van der Waals surface area contributed by atoms with E-state index < -0.39 is 0 Å². The van der Waals surface area contributed by atoms with E-state index in [0.29, 0.717) is 0 Å². The van der Waals surface area contributed by atoms with Crippen LogP contribution < -0.4 is 4.90 Å². The third-order valence-corrected chi connectivity index (χ3v) is 2.21. The molecule has 1 aliphatic heterocycles. The fourth-order valence-corrected chi connectivity index (χ4v) is 1.56. The van der Waals surface area contributed by atoms with Crippen LogP contribution in [0.25, 0.3) is 0 Å². The summed E-state index contributed by atoms with van der Waals surface area (Å²) in [6.45, 7) is 0. The van der Waals surface area contributed by atoms with Crippen molar-refractivity contribution in [3.63, 3.8) is 0 Å². The van der Waals surface area contributed by atoms with Crippen molar-refractivity contribution in [2.75, 3.05) is 4.90 Å². The van der Waals surface area contributed by atoms with Gasteiger partial charge in [0.2, 0.25) is 0 Å². The molecule has 1 nitrogen and oxygen atoms in total. The lowest BCUT2D eigenvalue weighted by molar-refractivity contribution is 1.29. The molecule has 0 radical (unpaired) electrons. The van der Waals surface area contributed by atoms with Gasteiger partial charge >= 0.3 is 0 Å². The van der Waals surface area contributed by atoms with E-state index in [4.69, 9.17) is 0 Å². The molecule has 0 atom stereocenters. The van der Waals surface area contributed by atoms with Crippen LogP contribution in [-0.4, -0.2) is 0 Å². The van der Waals surface area contributed by atoms with Crippen LogP contribution in [0.3, 0.4) is 0 Å². The number of nitrogens with zero attached hydrogens (tertiary/aromatic N) is 1. The van der Waals surface area contributed by atoms with Gasteiger partial charge in [-0.3, -0.25) is 0 Å². The van der Waals surface area contributed by atoms with Crippen molar-refractivity contribution < 1.29 is 0 Å². The molecule has 2 heteroatoms. The highest BCUT2D eigenvalue weighted by atomic mass is 32.2. The summed E-state index contributed by atoms with van der Waals surface area (Å²) in [5, 5.41) is 4.12. The Morgan fingerprint density at radius 1 is 0.917 bits per heavy atom. The molecule has 1 aliphatic rings. The summed E-state index contributed by atoms with van der Waals surface area (Å²) >= 11 is 1.69. The maximum atomic E-state index is 2.09. The lowest BCUT2D eigenvalue weighted by Crippen LogP contribution is -2.06. The second kappa shape index (κ2) is 3.50. The molecule has 0 saturated carbocycles. The fourth-order valence-electron chi connectivity index (χ4n) is 1.07. The van der Waals surface area contributed by atoms with E-state index in [2.05, 4.69) is 40.2 Å². The molecule has 0 bridgehead atoms. The van der Waals surface area contributed by atoms with Gasteiger partial charge in [0.15, 0.2) is 0 Å². The van der Waals surface area contributed by atoms with E-state index >= 15 is 0 Å². The lowest BCUT2D eigenvalue weighted by Gasteiger charge is -2.16. The Morgan fingerprint density at radius 2 is 1.58 bits per heavy atom. The van der Waals surface area contributed by atoms with Gasteiger partial charge in [0.25, 0.3) is 0 Å². The molecule has 0 saturated heterocycles. The van der Waals surface area contributed by atoms with E-state index in [1.54, 1.807) is 11.8 Å². The van der Waals surface area contributed by atoms with Crippen molar-refractivity contribution >= 4 is 17.4 Å². The minimum atomic E-state index is 1.20. The van der Waals surface area contributed by atoms with E-state index in [0.717, 1.165) is 0 Å². The van der Waals surface area contributed by atoms with Crippen LogP contribution in [-0.2, 0) is 0 Å². The van der Waals surface area contributed by atoms with Crippen LogP contribution in [0.4, 0.5) is 5.69 Å². The lowest BCUT2D eigenvalue weighted by atomic mass is 10.3. The fraction of sp³-hybridized carbons (Fsp3) is 0. The zero-order valence-electron chi connectivity index (χ0n) is 6.55. The van der Waals surface area contributed by atoms with Crippen LogP contribution in [0.5, 0.6) is 0 Å². The van der Waals surface area contributed by atoms with Crippen molar-refractivity contribution in [1.82, 2.24) is 0 Å². The smallest absolute Gasteiger partial charge is 0.0449 e. The molecule has 0 unspecified atom stereocenters. The van der Waals surface area contributed by atoms with Crippen molar-refractivity contribution in [2.45, 2.75) is 0 Å². The van der Waals surface area contributed by atoms with Gasteiger partial charge in [-0.1, -0.05) is 18.2 Å². The van der Waals surface area contributed by atoms with Crippen LogP contribution in [0.1, 0.15) is 0 Å². The number of hydrogen-bond donors (Lipinski definition) is 0. The first kappa shape index (κ1) is 7.50. The number of rotatable bonds is 1. The van der Waals surface area contributed by atoms with E-state index in [1.807, 2.05) is 18.2 Å². The number of benzene rings is 1. The third-order valence-electron chi connectivity index (χ3n) is 1.65. The first-order valence-corrected chi connectivity index (χ1v) is 4.73. The molecular weight excluding hydrogens is 166 g/mol. The molecule has 0 spiro atoms.